The molecule has 0 rings (SSSR count). The van der Waals surface area contributed by atoms with Crippen LogP contribution in [0.4, 0.5) is 0 Å². The maximum Gasteiger partial charge on any atom is 0.266 e. The Hall–Kier alpha value is -1.96. The van der Waals surface area contributed by atoms with Gasteiger partial charge in [0.2, 0.25) is 5.91 Å². The molecule has 0 saturated carbocycles. The molecular weight excluding hydrogens is 486 g/mol. The first kappa shape index (κ1) is 35.0. The van der Waals surface area contributed by atoms with Crippen molar-refractivity contribution in [3.05, 3.63) is 60.8 Å². The second-order valence-corrected chi connectivity index (χ2v) is 10.8. The van der Waals surface area contributed by atoms with Gasteiger partial charge in [-0.25, -0.2) is 0 Å². The highest BCUT2D eigenvalue weighted by atomic mass is 32.2. The highest BCUT2D eigenvalue weighted by Crippen LogP contribution is 2.12. The highest BCUT2D eigenvalue weighted by molar-refractivity contribution is 7.85. The van der Waals surface area contributed by atoms with E-state index in [1.54, 1.807) is 6.08 Å². The highest BCUT2D eigenvalue weighted by Gasteiger charge is 2.25. The quantitative estimate of drug-likeness (QED) is 0.0739. The Labute approximate surface area is 226 Å². The van der Waals surface area contributed by atoms with Crippen LogP contribution < -0.4 is 5.32 Å². The van der Waals surface area contributed by atoms with Gasteiger partial charge in [-0.15, -0.1) is 0 Å². The Morgan fingerprint density at radius 3 is 1.68 bits per heavy atom. The first-order valence-electron chi connectivity index (χ1n) is 14.0. The van der Waals surface area contributed by atoms with Gasteiger partial charge in [0, 0.05) is 6.42 Å². The van der Waals surface area contributed by atoms with Gasteiger partial charge in [-0.3, -0.25) is 9.35 Å². The third kappa shape index (κ3) is 25.5. The number of hydrogen-bond acceptors (Lipinski definition) is 4. The standard InChI is InChI=1S/C30H51NO5S/c1-3-5-7-9-11-12-13-14-15-16-17-18-20-22-24-26-30(33)31-28(27-37(34,35)36)29(32)25-23-21-19-10-8-6-4-2/h5,7,11-12,14-15,17-18,22,24,28-29,32H,3-4,6,8-10,13,16,19-21,23,25-27H2,1-2H3,(H,31,33)(H,34,35,36)/b7-5-,12-11-,15-14-,18-17-,24-22-. The lowest BCUT2D eigenvalue weighted by Crippen LogP contribution is -2.47. The van der Waals surface area contributed by atoms with Crippen LogP contribution in [0.3, 0.4) is 0 Å². The third-order valence-electron chi connectivity index (χ3n) is 5.77. The van der Waals surface area contributed by atoms with E-state index in [1.807, 2.05) is 12.2 Å². The second-order valence-electron chi connectivity index (χ2n) is 9.31. The van der Waals surface area contributed by atoms with Crippen LogP contribution in [0.5, 0.6) is 0 Å². The molecule has 2 unspecified atom stereocenters. The zero-order valence-corrected chi connectivity index (χ0v) is 23.9. The Balaban J connectivity index is 4.26. The first-order chi connectivity index (χ1) is 17.8. The van der Waals surface area contributed by atoms with Crippen LogP contribution in [-0.4, -0.2) is 41.9 Å². The molecular formula is C30H51NO5S. The van der Waals surface area contributed by atoms with E-state index in [0.29, 0.717) is 12.8 Å². The Morgan fingerprint density at radius 1 is 0.730 bits per heavy atom. The van der Waals surface area contributed by atoms with Crippen LogP contribution in [0.15, 0.2) is 60.8 Å². The van der Waals surface area contributed by atoms with E-state index < -0.39 is 28.0 Å². The molecule has 0 radical (unpaired) electrons. The van der Waals surface area contributed by atoms with Crippen LogP contribution >= 0.6 is 0 Å². The summed E-state index contributed by atoms with van der Waals surface area (Å²) in [5.41, 5.74) is 0. The minimum Gasteiger partial charge on any atom is -0.391 e. The Kier molecular flexibility index (Phi) is 23.1. The fourth-order valence-corrected chi connectivity index (χ4v) is 4.45. The number of carbonyl (C=O) groups excluding carboxylic acids is 1. The molecule has 0 aromatic carbocycles. The largest absolute Gasteiger partial charge is 0.391 e. The molecule has 0 aromatic heterocycles. The van der Waals surface area contributed by atoms with Crippen molar-refractivity contribution in [1.29, 1.82) is 0 Å². The monoisotopic (exact) mass is 537 g/mol. The molecule has 212 valence electrons. The zero-order valence-electron chi connectivity index (χ0n) is 23.1. The van der Waals surface area contributed by atoms with Gasteiger partial charge in [0.05, 0.1) is 17.9 Å². The number of nitrogens with one attached hydrogen (secondary N) is 1. The van der Waals surface area contributed by atoms with Crippen molar-refractivity contribution in [3.8, 4) is 0 Å². The number of aliphatic hydroxyl groups is 1. The van der Waals surface area contributed by atoms with Crippen molar-refractivity contribution in [3.63, 3.8) is 0 Å². The summed E-state index contributed by atoms with van der Waals surface area (Å²) in [5.74, 6) is -1.07. The predicted molar refractivity (Wildman–Crippen MR) is 156 cm³/mol. The van der Waals surface area contributed by atoms with Gasteiger partial charge in [-0.05, 0) is 38.5 Å². The van der Waals surface area contributed by atoms with Crippen molar-refractivity contribution in [2.24, 2.45) is 0 Å². The summed E-state index contributed by atoms with van der Waals surface area (Å²) in [4.78, 5) is 12.3. The average Bonchev–Trinajstić information content (AvgIpc) is 2.84. The number of hydrogen-bond donors (Lipinski definition) is 3. The zero-order chi connectivity index (χ0) is 27.6. The Bertz CT molecular complexity index is 812. The lowest BCUT2D eigenvalue weighted by Gasteiger charge is -2.23. The number of rotatable bonds is 23. The van der Waals surface area contributed by atoms with E-state index in [9.17, 15) is 22.9 Å². The van der Waals surface area contributed by atoms with Gasteiger partial charge < -0.3 is 10.4 Å². The second kappa shape index (κ2) is 24.4. The fraction of sp³-hybridized carbons (Fsp3) is 0.633. The van der Waals surface area contributed by atoms with E-state index in [4.69, 9.17) is 0 Å². The predicted octanol–water partition coefficient (Wildman–Crippen LogP) is 7.00. The summed E-state index contributed by atoms with van der Waals surface area (Å²) in [5, 5.41) is 13.0. The van der Waals surface area contributed by atoms with E-state index in [0.717, 1.165) is 51.4 Å². The van der Waals surface area contributed by atoms with Crippen LogP contribution in [0.25, 0.3) is 0 Å². The van der Waals surface area contributed by atoms with E-state index >= 15 is 0 Å². The molecule has 0 heterocycles. The SMILES string of the molecule is CC/C=C\C/C=C\C/C=C\C/C=C\C/C=C\CC(=O)NC(CS(=O)(=O)O)C(O)CCCCCCCCC. The summed E-state index contributed by atoms with van der Waals surface area (Å²) in [6.45, 7) is 4.29. The van der Waals surface area contributed by atoms with Crippen molar-refractivity contribution in [1.82, 2.24) is 5.32 Å². The summed E-state index contributed by atoms with van der Waals surface area (Å²) in [6, 6.07) is -1.02. The third-order valence-corrected chi connectivity index (χ3v) is 6.55. The number of allylic oxidation sites excluding steroid dienone is 9. The number of carbonyl (C=O) groups is 1. The molecule has 0 aliphatic carbocycles. The molecule has 3 N–H and O–H groups in total. The molecule has 0 bridgehead atoms. The smallest absolute Gasteiger partial charge is 0.266 e. The van der Waals surface area contributed by atoms with Gasteiger partial charge in [-0.1, -0.05) is 120 Å². The van der Waals surface area contributed by atoms with Gasteiger partial charge >= 0.3 is 0 Å². The summed E-state index contributed by atoms with van der Waals surface area (Å²) in [7, 11) is -4.32. The fourth-order valence-electron chi connectivity index (χ4n) is 3.69. The topological polar surface area (TPSA) is 104 Å². The van der Waals surface area contributed by atoms with Crippen LogP contribution in [0.2, 0.25) is 0 Å². The average molecular weight is 538 g/mol. The van der Waals surface area contributed by atoms with Crippen molar-refractivity contribution in [2.45, 2.75) is 116 Å². The summed E-state index contributed by atoms with van der Waals surface area (Å²) >= 11 is 0. The molecule has 37 heavy (non-hydrogen) atoms. The summed E-state index contributed by atoms with van der Waals surface area (Å²) < 4.78 is 32.0. The molecule has 0 aliphatic rings. The maximum absolute atomic E-state index is 12.3. The molecule has 7 heteroatoms. The van der Waals surface area contributed by atoms with E-state index in [-0.39, 0.29) is 12.3 Å². The molecule has 0 spiro atoms. The van der Waals surface area contributed by atoms with Crippen LogP contribution in [0, 0.1) is 0 Å². The number of unbranched alkanes of at least 4 members (excludes halogenated alkanes) is 6. The van der Waals surface area contributed by atoms with E-state index in [2.05, 4.69) is 61.7 Å². The lowest BCUT2D eigenvalue weighted by atomic mass is 10.0. The summed E-state index contributed by atoms with van der Waals surface area (Å²) in [6.07, 6.45) is 32.1. The minimum atomic E-state index is -4.32. The Morgan fingerprint density at radius 2 is 1.19 bits per heavy atom. The normalized spacial score (nSPS) is 14.6. The van der Waals surface area contributed by atoms with Crippen LogP contribution in [-0.2, 0) is 14.9 Å². The lowest BCUT2D eigenvalue weighted by molar-refractivity contribution is -0.121. The van der Waals surface area contributed by atoms with Gasteiger partial charge in [0.1, 0.15) is 0 Å². The van der Waals surface area contributed by atoms with Gasteiger partial charge in [-0.2, -0.15) is 8.42 Å². The van der Waals surface area contributed by atoms with Gasteiger partial charge in [0.25, 0.3) is 10.1 Å². The molecule has 0 fully saturated rings. The molecule has 6 nitrogen and oxygen atoms in total. The number of aliphatic hydroxyl groups excluding tert-OH is 1. The molecule has 0 aromatic rings. The molecule has 0 aliphatic heterocycles. The van der Waals surface area contributed by atoms with Gasteiger partial charge in [0.15, 0.2) is 0 Å². The van der Waals surface area contributed by atoms with Crippen molar-refractivity contribution in [2.75, 3.05) is 5.75 Å². The maximum atomic E-state index is 12.3. The molecule has 0 saturated heterocycles. The van der Waals surface area contributed by atoms with Crippen LogP contribution in [0.1, 0.15) is 104 Å². The number of amides is 1. The minimum absolute atomic E-state index is 0.0830. The van der Waals surface area contributed by atoms with Crippen molar-refractivity contribution < 1.29 is 22.9 Å². The molecule has 1 amide bonds. The van der Waals surface area contributed by atoms with E-state index in [1.165, 1.54) is 19.3 Å². The first-order valence-corrected chi connectivity index (χ1v) is 15.6. The molecule has 2 atom stereocenters. The van der Waals surface area contributed by atoms with Crippen molar-refractivity contribution >= 4 is 16.0 Å².